The first-order valence-electron chi connectivity index (χ1n) is 5.35. The second-order valence-electron chi connectivity index (χ2n) is 4.22. The fourth-order valence-electron chi connectivity index (χ4n) is 1.89. The molecule has 1 aromatic carbocycles. The van der Waals surface area contributed by atoms with Gasteiger partial charge >= 0.3 is 0 Å². The first-order valence-corrected chi connectivity index (χ1v) is 5.73. The van der Waals surface area contributed by atoms with Crippen molar-refractivity contribution in [2.24, 2.45) is 5.73 Å². The Bertz CT molecular complexity index is 520. The van der Waals surface area contributed by atoms with Crippen molar-refractivity contribution in [1.29, 1.82) is 0 Å². The van der Waals surface area contributed by atoms with Gasteiger partial charge in [-0.25, -0.2) is 0 Å². The molecule has 16 heavy (non-hydrogen) atoms. The van der Waals surface area contributed by atoms with Crippen LogP contribution in [0.3, 0.4) is 0 Å². The maximum Gasteiger partial charge on any atom is 0.134 e. The van der Waals surface area contributed by atoms with Gasteiger partial charge < -0.3 is 10.2 Å². The third kappa shape index (κ3) is 1.75. The zero-order valence-corrected chi connectivity index (χ0v) is 9.45. The zero-order valence-electron chi connectivity index (χ0n) is 8.69. The molecule has 2 aromatic rings. The Morgan fingerprint density at radius 1 is 1.25 bits per heavy atom. The lowest BCUT2D eigenvalue weighted by atomic mass is 10.2. The molecule has 3 rings (SSSR count). The standard InChI is InChI=1S/C13H12ClNO/c14-9-3-1-2-8(6-9)12-4-5-13(16-12)10-7-11(10)15/h1-6,10-11H,7,15H2/t10-,11-/m0/s1. The molecule has 0 saturated heterocycles. The second-order valence-corrected chi connectivity index (χ2v) is 4.65. The summed E-state index contributed by atoms with van der Waals surface area (Å²) in [5.41, 5.74) is 6.80. The highest BCUT2D eigenvalue weighted by atomic mass is 35.5. The van der Waals surface area contributed by atoms with Gasteiger partial charge in [0.1, 0.15) is 11.5 Å². The number of halogens is 1. The minimum atomic E-state index is 0.276. The van der Waals surface area contributed by atoms with Crippen molar-refractivity contribution in [3.8, 4) is 11.3 Å². The van der Waals surface area contributed by atoms with E-state index < -0.39 is 0 Å². The molecule has 0 aliphatic heterocycles. The Hall–Kier alpha value is -1.25. The molecular weight excluding hydrogens is 222 g/mol. The molecule has 0 unspecified atom stereocenters. The molecule has 1 fully saturated rings. The van der Waals surface area contributed by atoms with E-state index in [9.17, 15) is 0 Å². The van der Waals surface area contributed by atoms with Crippen LogP contribution in [-0.4, -0.2) is 6.04 Å². The van der Waals surface area contributed by atoms with Gasteiger partial charge in [-0.15, -0.1) is 0 Å². The third-order valence-corrected chi connectivity index (χ3v) is 3.18. The van der Waals surface area contributed by atoms with Crippen molar-refractivity contribution in [1.82, 2.24) is 0 Å². The van der Waals surface area contributed by atoms with Crippen LogP contribution < -0.4 is 5.73 Å². The summed E-state index contributed by atoms with van der Waals surface area (Å²) < 4.78 is 5.78. The molecule has 0 amide bonds. The molecule has 2 atom stereocenters. The molecule has 0 spiro atoms. The maximum atomic E-state index is 5.94. The summed E-state index contributed by atoms with van der Waals surface area (Å²) in [5.74, 6) is 2.26. The van der Waals surface area contributed by atoms with Crippen molar-refractivity contribution >= 4 is 11.6 Å². The van der Waals surface area contributed by atoms with E-state index in [4.69, 9.17) is 21.8 Å². The van der Waals surface area contributed by atoms with Crippen molar-refractivity contribution in [2.45, 2.75) is 18.4 Å². The van der Waals surface area contributed by atoms with Gasteiger partial charge in [-0.1, -0.05) is 23.7 Å². The average molecular weight is 234 g/mol. The normalized spacial score (nSPS) is 23.4. The first-order chi connectivity index (χ1) is 7.74. The van der Waals surface area contributed by atoms with Crippen LogP contribution >= 0.6 is 11.6 Å². The van der Waals surface area contributed by atoms with E-state index in [1.807, 2.05) is 36.4 Å². The number of hydrogen-bond acceptors (Lipinski definition) is 2. The van der Waals surface area contributed by atoms with E-state index in [2.05, 4.69) is 0 Å². The van der Waals surface area contributed by atoms with Crippen LogP contribution in [0.2, 0.25) is 5.02 Å². The van der Waals surface area contributed by atoms with Gasteiger partial charge in [0.25, 0.3) is 0 Å². The van der Waals surface area contributed by atoms with Gasteiger partial charge in [-0.3, -0.25) is 0 Å². The van der Waals surface area contributed by atoms with E-state index in [0.717, 1.165) is 28.5 Å². The topological polar surface area (TPSA) is 39.2 Å². The summed E-state index contributed by atoms with van der Waals surface area (Å²) >= 11 is 5.94. The Morgan fingerprint density at radius 3 is 2.75 bits per heavy atom. The van der Waals surface area contributed by atoms with E-state index >= 15 is 0 Å². The molecule has 1 aliphatic rings. The number of nitrogens with two attached hydrogens (primary N) is 1. The Morgan fingerprint density at radius 2 is 2.06 bits per heavy atom. The lowest BCUT2D eigenvalue weighted by Crippen LogP contribution is -2.00. The summed E-state index contributed by atoms with van der Waals surface area (Å²) in [6.07, 6.45) is 1.03. The van der Waals surface area contributed by atoms with Crippen molar-refractivity contribution in [2.75, 3.05) is 0 Å². The number of furan rings is 1. The Kier molecular flexibility index (Phi) is 2.27. The van der Waals surface area contributed by atoms with Gasteiger partial charge in [0.05, 0.1) is 0 Å². The SMILES string of the molecule is N[C@H]1C[C@@H]1c1ccc(-c2cccc(Cl)c2)o1. The molecule has 2 N–H and O–H groups in total. The number of hydrogen-bond donors (Lipinski definition) is 1. The smallest absolute Gasteiger partial charge is 0.134 e. The summed E-state index contributed by atoms with van der Waals surface area (Å²) in [6.45, 7) is 0. The summed E-state index contributed by atoms with van der Waals surface area (Å²) in [6, 6.07) is 11.9. The van der Waals surface area contributed by atoms with Crippen molar-refractivity contribution in [3.63, 3.8) is 0 Å². The van der Waals surface area contributed by atoms with Gasteiger partial charge in [0.2, 0.25) is 0 Å². The highest BCUT2D eigenvalue weighted by Gasteiger charge is 2.37. The number of rotatable bonds is 2. The van der Waals surface area contributed by atoms with Crippen LogP contribution in [-0.2, 0) is 0 Å². The van der Waals surface area contributed by atoms with Crippen LogP contribution in [0.4, 0.5) is 0 Å². The molecule has 3 heteroatoms. The third-order valence-electron chi connectivity index (χ3n) is 2.94. The predicted octanol–water partition coefficient (Wildman–Crippen LogP) is 3.41. The molecule has 1 saturated carbocycles. The van der Waals surface area contributed by atoms with Crippen molar-refractivity contribution < 1.29 is 4.42 Å². The lowest BCUT2D eigenvalue weighted by Gasteiger charge is -1.97. The minimum Gasteiger partial charge on any atom is -0.461 e. The molecule has 1 heterocycles. The largest absolute Gasteiger partial charge is 0.461 e. The van der Waals surface area contributed by atoms with E-state index in [1.54, 1.807) is 0 Å². The van der Waals surface area contributed by atoms with Crippen LogP contribution in [0.15, 0.2) is 40.8 Å². The highest BCUT2D eigenvalue weighted by molar-refractivity contribution is 6.30. The van der Waals surface area contributed by atoms with Crippen LogP contribution in [0.5, 0.6) is 0 Å². The molecular formula is C13H12ClNO. The summed E-state index contributed by atoms with van der Waals surface area (Å²) in [7, 11) is 0. The highest BCUT2D eigenvalue weighted by Crippen LogP contribution is 2.41. The Labute approximate surface area is 99.0 Å². The monoisotopic (exact) mass is 233 g/mol. The fourth-order valence-corrected chi connectivity index (χ4v) is 2.08. The van der Waals surface area contributed by atoms with Gasteiger partial charge in [-0.2, -0.15) is 0 Å². The molecule has 0 radical (unpaired) electrons. The molecule has 0 bridgehead atoms. The quantitative estimate of drug-likeness (QED) is 0.863. The van der Waals surface area contributed by atoms with Gasteiger partial charge in [-0.05, 0) is 30.7 Å². The van der Waals surface area contributed by atoms with Crippen LogP contribution in [0.25, 0.3) is 11.3 Å². The van der Waals surface area contributed by atoms with E-state index in [1.165, 1.54) is 0 Å². The van der Waals surface area contributed by atoms with Crippen LogP contribution in [0.1, 0.15) is 18.1 Å². The first kappa shape index (κ1) is 9.94. The van der Waals surface area contributed by atoms with Crippen molar-refractivity contribution in [3.05, 3.63) is 47.2 Å². The second kappa shape index (κ2) is 3.65. The predicted molar refractivity (Wildman–Crippen MR) is 64.5 cm³/mol. The number of benzene rings is 1. The molecule has 82 valence electrons. The van der Waals surface area contributed by atoms with Gasteiger partial charge in [0.15, 0.2) is 0 Å². The summed E-state index contributed by atoms with van der Waals surface area (Å²) in [5, 5.41) is 0.721. The van der Waals surface area contributed by atoms with E-state index in [-0.39, 0.29) is 6.04 Å². The maximum absolute atomic E-state index is 5.94. The minimum absolute atomic E-state index is 0.276. The zero-order chi connectivity index (χ0) is 11.1. The Balaban J connectivity index is 1.92. The lowest BCUT2D eigenvalue weighted by molar-refractivity contribution is 0.522. The summed E-state index contributed by atoms with van der Waals surface area (Å²) in [4.78, 5) is 0. The van der Waals surface area contributed by atoms with E-state index in [0.29, 0.717) is 5.92 Å². The van der Waals surface area contributed by atoms with Crippen LogP contribution in [0, 0.1) is 0 Å². The van der Waals surface area contributed by atoms with Gasteiger partial charge in [0, 0.05) is 22.5 Å². The molecule has 2 nitrogen and oxygen atoms in total. The fraction of sp³-hybridized carbons (Fsp3) is 0.231. The average Bonchev–Trinajstić information content (AvgIpc) is 2.81. The molecule has 1 aliphatic carbocycles. The molecule has 1 aromatic heterocycles.